The summed E-state index contributed by atoms with van der Waals surface area (Å²) in [6.07, 6.45) is 0. The Hall–Kier alpha value is -1.46. The maximum Gasteiger partial charge on any atom is 0.352 e. The second-order valence-electron chi connectivity index (χ2n) is 3.52. The molecule has 0 radical (unpaired) electrons. The fourth-order valence-electron chi connectivity index (χ4n) is 1.37. The number of quaternary nitrogens is 4. The van der Waals surface area contributed by atoms with Crippen molar-refractivity contribution in [2.45, 2.75) is 0 Å². The third kappa shape index (κ3) is 2.11. The van der Waals surface area contributed by atoms with Crippen molar-refractivity contribution in [3.05, 3.63) is 27.3 Å². The van der Waals surface area contributed by atoms with Crippen LogP contribution in [0.3, 0.4) is 0 Å². The third-order valence-corrected chi connectivity index (χ3v) is 2.15. The van der Waals surface area contributed by atoms with Gasteiger partial charge in [0.25, 0.3) is 5.82 Å². The second-order valence-corrected chi connectivity index (χ2v) is 3.52. The van der Waals surface area contributed by atoms with E-state index in [1.807, 2.05) is 0 Å². The minimum atomic E-state index is -3.84. The van der Waals surface area contributed by atoms with E-state index >= 15 is 0 Å². The summed E-state index contributed by atoms with van der Waals surface area (Å²) in [5.41, 5.74) is 10.1. The van der Waals surface area contributed by atoms with Crippen LogP contribution in [0, 0.1) is 15.6 Å². The number of hydrogen-bond donors (Lipinski definition) is 9. The zero-order chi connectivity index (χ0) is 16.3. The number of hydrazine groups is 1. The Bertz CT molecular complexity index is 430. The van der Waals surface area contributed by atoms with Crippen LogP contribution in [-0.2, 0) is 0 Å². The number of nitrogens with two attached hydrogens (primary N) is 3. The van der Waals surface area contributed by atoms with E-state index in [1.54, 1.807) is 0 Å². The lowest BCUT2D eigenvalue weighted by atomic mass is 10.7. The molecule has 1 rings (SSSR count). The summed E-state index contributed by atoms with van der Waals surface area (Å²) in [7, 11) is 0. The van der Waals surface area contributed by atoms with E-state index in [0.717, 1.165) is 0 Å². The van der Waals surface area contributed by atoms with Crippen molar-refractivity contribution in [2.75, 3.05) is 0 Å². The van der Waals surface area contributed by atoms with Crippen LogP contribution in [0.15, 0.2) is 11.6 Å². The lowest BCUT2D eigenvalue weighted by Crippen LogP contribution is -2.84. The highest BCUT2D eigenvalue weighted by Gasteiger charge is 2.75. The summed E-state index contributed by atoms with van der Waals surface area (Å²) < 4.78 is 0. The van der Waals surface area contributed by atoms with Crippen molar-refractivity contribution in [1.29, 1.82) is 0 Å². The summed E-state index contributed by atoms with van der Waals surface area (Å²) in [5, 5.41) is 72.9. The molecule has 12 N–H and O–H groups in total. The third-order valence-electron chi connectivity index (χ3n) is 2.15. The highest BCUT2D eigenvalue weighted by Crippen LogP contribution is 2.36. The Kier molecular flexibility index (Phi) is 3.34. The molecule has 0 aromatic heterocycles. The fraction of sp³-hybridized carbons (Fsp3) is 0. The van der Waals surface area contributed by atoms with Crippen LogP contribution >= 0.6 is 0 Å². The Morgan fingerprint density at radius 3 is 1.55 bits per heavy atom. The van der Waals surface area contributed by atoms with Crippen molar-refractivity contribution in [3.63, 3.8) is 0 Å². The predicted molar refractivity (Wildman–Crippen MR) is 45.1 cm³/mol. The maximum absolute atomic E-state index is 11.1. The summed E-state index contributed by atoms with van der Waals surface area (Å²) in [5.74, 6) is 2.20. The first-order valence-corrected chi connectivity index (χ1v) is 4.28. The quantitative estimate of drug-likeness (QED) is 0.137. The van der Waals surface area contributed by atoms with Crippen LogP contribution in [0.4, 0.5) is 0 Å². The molecule has 0 saturated carbocycles. The van der Waals surface area contributed by atoms with Crippen molar-refractivity contribution in [3.8, 4) is 0 Å². The van der Waals surface area contributed by atoms with Gasteiger partial charge in [-0.1, -0.05) is 5.84 Å². The van der Waals surface area contributed by atoms with Crippen LogP contribution in [0.5, 0.6) is 0 Å². The molecule has 1 unspecified atom stereocenters. The monoisotopic (exact) mass is 306 g/mol. The normalized spacial score (nSPS) is 26.6. The molecule has 0 aliphatic carbocycles. The largest absolute Gasteiger partial charge is 0.537 e. The Labute approximate surface area is 107 Å². The first-order valence-electron chi connectivity index (χ1n) is 4.28. The van der Waals surface area contributed by atoms with E-state index in [0.29, 0.717) is 0 Å². The Balaban J connectivity index is 3.62. The molecule has 20 heavy (non-hydrogen) atoms. The van der Waals surface area contributed by atoms with Crippen molar-refractivity contribution in [2.24, 2.45) is 17.3 Å². The summed E-state index contributed by atoms with van der Waals surface area (Å²) in [6.45, 7) is 0. The zero-order valence-electron chi connectivity index (χ0n) is 9.32. The van der Waals surface area contributed by atoms with E-state index in [-0.39, 0.29) is 0 Å². The van der Waals surface area contributed by atoms with E-state index in [1.165, 1.54) is 0 Å². The molecule has 18 heteroatoms. The highest BCUT2D eigenvalue weighted by molar-refractivity contribution is 4.97. The first-order chi connectivity index (χ1) is 8.56. The topological polar surface area (TPSA) is 275 Å². The molecule has 1 aliphatic rings. The predicted octanol–water partition coefficient (Wildman–Crippen LogP) is -3.81. The molecule has 1 heterocycles. The van der Waals surface area contributed by atoms with Gasteiger partial charge in [-0.05, 0) is 0 Å². The summed E-state index contributed by atoms with van der Waals surface area (Å²) in [6, 6.07) is 0. The molecule has 0 spiro atoms. The van der Waals surface area contributed by atoms with Crippen LogP contribution < -0.4 is 17.3 Å². The Morgan fingerprint density at radius 2 is 1.30 bits per heavy atom. The van der Waals surface area contributed by atoms with E-state index in [9.17, 15) is 15.6 Å². The van der Waals surface area contributed by atoms with Gasteiger partial charge in [0.05, 0.1) is 15.3 Å². The summed E-state index contributed by atoms with van der Waals surface area (Å²) >= 11 is 0. The number of nitrogens with zero attached hydrogens (tertiary/aromatic N) is 6. The van der Waals surface area contributed by atoms with Gasteiger partial charge in [0.1, 0.15) is 5.08 Å². The SMILES string of the molecule is NC1=C(N)[N+](N)([N+]([O-])(O)O)N([N+]([O-])(O)O)N1[N+]([O-])(O)O. The molecule has 0 fully saturated rings. The van der Waals surface area contributed by atoms with Gasteiger partial charge in [-0.3, -0.25) is 0 Å². The molecule has 0 amide bonds. The molecule has 0 aromatic rings. The van der Waals surface area contributed by atoms with Gasteiger partial charge >= 0.3 is 11.0 Å². The summed E-state index contributed by atoms with van der Waals surface area (Å²) in [4.78, 5) is -2.90. The van der Waals surface area contributed by atoms with Gasteiger partial charge in [-0.15, -0.1) is 10.4 Å². The second kappa shape index (κ2) is 4.02. The minimum Gasteiger partial charge on any atom is -0.537 e. The first kappa shape index (κ1) is 16.6. The van der Waals surface area contributed by atoms with Gasteiger partial charge in [0, 0.05) is 0 Å². The molecular weight excluding hydrogens is 294 g/mol. The van der Waals surface area contributed by atoms with Crippen LogP contribution in [0.1, 0.15) is 0 Å². The fourth-order valence-corrected chi connectivity index (χ4v) is 1.37. The van der Waals surface area contributed by atoms with E-state index in [2.05, 4.69) is 0 Å². The average molecular weight is 306 g/mol. The van der Waals surface area contributed by atoms with E-state index in [4.69, 9.17) is 48.6 Å². The van der Waals surface area contributed by atoms with Gasteiger partial charge in [-0.25, -0.2) is 0 Å². The van der Waals surface area contributed by atoms with Gasteiger partial charge in [0.15, 0.2) is 4.81 Å². The van der Waals surface area contributed by atoms with Crippen molar-refractivity contribution >= 4 is 0 Å². The molecule has 1 atom stereocenters. The molecule has 0 bridgehead atoms. The smallest absolute Gasteiger partial charge is 0.352 e. The van der Waals surface area contributed by atoms with Crippen molar-refractivity contribution in [1.82, 2.24) is 10.3 Å². The van der Waals surface area contributed by atoms with Gasteiger partial charge in [0.2, 0.25) is 0 Å². The Morgan fingerprint density at radius 1 is 0.900 bits per heavy atom. The molecular formula is C2H12N9O9+. The van der Waals surface area contributed by atoms with Crippen molar-refractivity contribution < 1.29 is 51.3 Å². The lowest BCUT2D eigenvalue weighted by Gasteiger charge is -2.43. The molecule has 0 saturated heterocycles. The molecule has 118 valence electrons. The average Bonchev–Trinajstić information content (AvgIpc) is 2.37. The minimum absolute atomic E-state index is 0.861. The lowest BCUT2D eigenvalue weighted by molar-refractivity contribution is -1.70. The van der Waals surface area contributed by atoms with Crippen LogP contribution in [-0.4, -0.2) is 61.6 Å². The molecule has 0 aromatic carbocycles. The van der Waals surface area contributed by atoms with E-state index < -0.39 is 42.0 Å². The standard InChI is InChI=1S/C2H12N9O9/c3-1-2(4)8(5,11(18,19)20)7(10(15,16)17)6(1)9(12,13)14/h12-13,15-16,18-19H,3-5H2/q+1. The van der Waals surface area contributed by atoms with Crippen LogP contribution in [0.25, 0.3) is 0 Å². The number of rotatable bonds is 3. The maximum atomic E-state index is 11.1. The van der Waals surface area contributed by atoms with Gasteiger partial charge in [-0.2, -0.15) is 20.8 Å². The molecule has 1 aliphatic heterocycles. The number of hydrogen-bond acceptors (Lipinski definition) is 14. The molecule has 18 nitrogen and oxygen atoms in total. The van der Waals surface area contributed by atoms with Crippen LogP contribution in [0.2, 0.25) is 0 Å². The zero-order valence-corrected chi connectivity index (χ0v) is 9.32. The van der Waals surface area contributed by atoms with Gasteiger partial charge < -0.3 is 27.1 Å². The highest BCUT2D eigenvalue weighted by atomic mass is 17.2.